The molecule has 3 aromatic rings. The minimum absolute atomic E-state index is 0.0117. The lowest BCUT2D eigenvalue weighted by molar-refractivity contribution is -0.141. The Hall–Kier alpha value is -3.99. The first-order valence-corrected chi connectivity index (χ1v) is 10.7. The van der Waals surface area contributed by atoms with E-state index < -0.39 is 58.5 Å². The van der Waals surface area contributed by atoms with Crippen molar-refractivity contribution in [2.45, 2.75) is 20.0 Å². The summed E-state index contributed by atoms with van der Waals surface area (Å²) < 4.78 is 97.2. The third-order valence-electron chi connectivity index (χ3n) is 5.32. The number of ether oxygens (including phenoxy) is 3. The maximum Gasteiger partial charge on any atom is 0.352 e. The van der Waals surface area contributed by atoms with Crippen LogP contribution in [0.4, 0.5) is 26.3 Å². The van der Waals surface area contributed by atoms with Crippen LogP contribution >= 0.6 is 11.6 Å². The van der Waals surface area contributed by atoms with Gasteiger partial charge < -0.3 is 14.2 Å². The van der Waals surface area contributed by atoms with E-state index in [1.807, 2.05) is 0 Å². The molecule has 0 aliphatic carbocycles. The molecule has 12 heteroatoms. The number of esters is 1. The lowest BCUT2D eigenvalue weighted by atomic mass is 10.1. The molecule has 37 heavy (non-hydrogen) atoms. The van der Waals surface area contributed by atoms with Crippen LogP contribution in [0.15, 0.2) is 36.1 Å². The van der Waals surface area contributed by atoms with Gasteiger partial charge in [0, 0.05) is 11.1 Å². The van der Waals surface area contributed by atoms with Crippen LogP contribution in [0.5, 0.6) is 17.2 Å². The topological polar surface area (TPSA) is 61.8 Å². The summed E-state index contributed by atoms with van der Waals surface area (Å²) in [6.07, 6.45) is -0.701. The minimum atomic E-state index is -2.38. The number of halogens is 7. The fourth-order valence-corrected chi connectivity index (χ4v) is 3.58. The number of carbonyl (C=O) groups is 2. The van der Waals surface area contributed by atoms with Crippen LogP contribution in [0.25, 0.3) is 6.08 Å². The number of benzene rings is 3. The summed E-state index contributed by atoms with van der Waals surface area (Å²) >= 11 is 5.99. The second kappa shape index (κ2) is 9.81. The summed E-state index contributed by atoms with van der Waals surface area (Å²) in [6, 6.07) is 6.42. The van der Waals surface area contributed by atoms with Crippen molar-refractivity contribution >= 4 is 29.4 Å². The molecule has 4 rings (SSSR count). The molecule has 5 nitrogen and oxygen atoms in total. The largest absolute Gasteiger partial charge is 0.473 e. The predicted octanol–water partition coefficient (Wildman–Crippen LogP) is 6.47. The van der Waals surface area contributed by atoms with Gasteiger partial charge in [0.2, 0.25) is 34.9 Å². The highest BCUT2D eigenvalue weighted by Crippen LogP contribution is 2.40. The Morgan fingerprint density at radius 3 is 2.22 bits per heavy atom. The number of allylic oxidation sites excluding steroid dienone is 1. The third kappa shape index (κ3) is 4.62. The number of hydrogen-bond donors (Lipinski definition) is 0. The Kier molecular flexibility index (Phi) is 6.92. The van der Waals surface area contributed by atoms with Crippen molar-refractivity contribution < 1.29 is 50.1 Å². The summed E-state index contributed by atoms with van der Waals surface area (Å²) in [7, 11) is 0. The Morgan fingerprint density at radius 1 is 0.973 bits per heavy atom. The van der Waals surface area contributed by atoms with Crippen molar-refractivity contribution in [3.8, 4) is 17.2 Å². The zero-order chi connectivity index (χ0) is 27.2. The van der Waals surface area contributed by atoms with Crippen molar-refractivity contribution in [2.75, 3.05) is 0 Å². The standard InChI is InChI=1S/C25H13ClF6O5/c1-9-15(37-25(34)10(2)35-24-20(31)18(29)17(28)19(30)21(24)32)7-6-11-22(33)16(36-23(9)11)8-12-13(26)4-3-5-14(12)27/h3-8,10H,1-2H3/b16-8-. The maximum atomic E-state index is 14.1. The Bertz CT molecular complexity index is 1450. The molecule has 0 N–H and O–H groups in total. The van der Waals surface area contributed by atoms with Crippen molar-refractivity contribution in [3.63, 3.8) is 0 Å². The molecular weight excluding hydrogens is 530 g/mol. The molecule has 1 atom stereocenters. The van der Waals surface area contributed by atoms with E-state index in [0.29, 0.717) is 0 Å². The van der Waals surface area contributed by atoms with E-state index in [1.165, 1.54) is 31.2 Å². The quantitative estimate of drug-likeness (QED) is 0.0923. The molecule has 0 saturated heterocycles. The lowest BCUT2D eigenvalue weighted by Crippen LogP contribution is -2.29. The van der Waals surface area contributed by atoms with E-state index in [2.05, 4.69) is 4.74 Å². The Balaban J connectivity index is 1.56. The first-order valence-electron chi connectivity index (χ1n) is 10.3. The molecular formula is C25H13ClF6O5. The first-order chi connectivity index (χ1) is 17.4. The molecule has 3 aromatic carbocycles. The number of carbonyl (C=O) groups excluding carboxylic acids is 2. The average Bonchev–Trinajstić information content (AvgIpc) is 3.19. The zero-order valence-electron chi connectivity index (χ0n) is 18.7. The van der Waals surface area contributed by atoms with Crippen molar-refractivity contribution in [3.05, 3.63) is 92.7 Å². The van der Waals surface area contributed by atoms with Gasteiger partial charge in [-0.3, -0.25) is 4.79 Å². The highest BCUT2D eigenvalue weighted by atomic mass is 35.5. The lowest BCUT2D eigenvalue weighted by Gasteiger charge is -2.16. The van der Waals surface area contributed by atoms with Crippen LogP contribution < -0.4 is 14.2 Å². The van der Waals surface area contributed by atoms with E-state index >= 15 is 0 Å². The van der Waals surface area contributed by atoms with Crippen molar-refractivity contribution in [1.82, 2.24) is 0 Å². The van der Waals surface area contributed by atoms with Gasteiger partial charge in [0.05, 0.1) is 10.6 Å². The van der Waals surface area contributed by atoms with Crippen LogP contribution in [-0.2, 0) is 4.79 Å². The fraction of sp³-hybridized carbons (Fsp3) is 0.120. The summed E-state index contributed by atoms with van der Waals surface area (Å²) in [6.45, 7) is 2.38. The highest BCUT2D eigenvalue weighted by Gasteiger charge is 2.33. The number of ketones is 1. The molecule has 1 aliphatic rings. The zero-order valence-corrected chi connectivity index (χ0v) is 19.5. The molecule has 0 bridgehead atoms. The first kappa shape index (κ1) is 26.1. The van der Waals surface area contributed by atoms with Crippen LogP contribution in [0.1, 0.15) is 28.4 Å². The van der Waals surface area contributed by atoms with Crippen LogP contribution in [-0.4, -0.2) is 17.9 Å². The van der Waals surface area contributed by atoms with Crippen LogP contribution in [0.3, 0.4) is 0 Å². The van der Waals surface area contributed by atoms with Gasteiger partial charge in [0.1, 0.15) is 17.3 Å². The van der Waals surface area contributed by atoms with Crippen LogP contribution in [0.2, 0.25) is 5.02 Å². The Morgan fingerprint density at radius 2 is 1.59 bits per heavy atom. The van der Waals surface area contributed by atoms with Crippen molar-refractivity contribution in [2.24, 2.45) is 0 Å². The normalized spacial score (nSPS) is 14.4. The summed E-state index contributed by atoms with van der Waals surface area (Å²) in [4.78, 5) is 25.2. The number of rotatable bonds is 5. The molecule has 1 aliphatic heterocycles. The molecule has 192 valence electrons. The fourth-order valence-electron chi connectivity index (χ4n) is 3.36. The summed E-state index contributed by atoms with van der Waals surface area (Å²) in [5.74, 6) is -16.0. The van der Waals surface area contributed by atoms with Gasteiger partial charge in [-0.2, -0.15) is 8.78 Å². The average molecular weight is 543 g/mol. The smallest absolute Gasteiger partial charge is 0.352 e. The minimum Gasteiger partial charge on any atom is -0.473 e. The molecule has 0 saturated carbocycles. The second-order valence-electron chi connectivity index (χ2n) is 7.72. The van der Waals surface area contributed by atoms with E-state index in [1.54, 1.807) is 0 Å². The number of fused-ring (bicyclic) bond motifs is 1. The van der Waals surface area contributed by atoms with Gasteiger partial charge in [0.25, 0.3) is 0 Å². The SMILES string of the molecule is Cc1c(OC(=O)C(C)Oc2c(F)c(F)c(F)c(F)c2F)ccc2c1O/C(=C\c1c(F)cccc1Cl)C2=O. The van der Waals surface area contributed by atoms with Crippen molar-refractivity contribution in [1.29, 1.82) is 0 Å². The highest BCUT2D eigenvalue weighted by molar-refractivity contribution is 6.32. The van der Waals surface area contributed by atoms with Gasteiger partial charge >= 0.3 is 5.97 Å². The van der Waals surface area contributed by atoms with Gasteiger partial charge in [-0.05, 0) is 44.2 Å². The van der Waals surface area contributed by atoms with Gasteiger partial charge in [0.15, 0.2) is 17.6 Å². The van der Waals surface area contributed by atoms with Gasteiger partial charge in [-0.25, -0.2) is 22.4 Å². The number of Topliss-reactive ketones (excluding diaryl/α,β-unsaturated/α-hetero) is 1. The third-order valence-corrected chi connectivity index (χ3v) is 5.65. The van der Waals surface area contributed by atoms with Gasteiger partial charge in [-0.1, -0.05) is 17.7 Å². The molecule has 1 unspecified atom stereocenters. The van der Waals surface area contributed by atoms with Gasteiger partial charge in [-0.15, -0.1) is 0 Å². The van der Waals surface area contributed by atoms with E-state index in [0.717, 1.165) is 19.1 Å². The molecule has 1 heterocycles. The molecule has 0 aromatic heterocycles. The second-order valence-corrected chi connectivity index (χ2v) is 8.13. The van der Waals surface area contributed by atoms with E-state index in [-0.39, 0.29) is 39.0 Å². The predicted molar refractivity (Wildman–Crippen MR) is 117 cm³/mol. The molecule has 0 radical (unpaired) electrons. The molecule has 0 amide bonds. The van der Waals surface area contributed by atoms with E-state index in [4.69, 9.17) is 21.1 Å². The summed E-state index contributed by atoms with van der Waals surface area (Å²) in [5.41, 5.74) is 0.135. The molecule has 0 spiro atoms. The number of hydrogen-bond acceptors (Lipinski definition) is 5. The van der Waals surface area contributed by atoms with E-state index in [9.17, 15) is 35.9 Å². The maximum absolute atomic E-state index is 14.1. The monoisotopic (exact) mass is 542 g/mol. The molecule has 0 fully saturated rings. The van der Waals surface area contributed by atoms with Crippen LogP contribution in [0, 0.1) is 41.8 Å². The Labute approximate surface area is 209 Å². The summed E-state index contributed by atoms with van der Waals surface area (Å²) in [5, 5.41) is 0.0361.